The lowest BCUT2D eigenvalue weighted by atomic mass is 10.1. The summed E-state index contributed by atoms with van der Waals surface area (Å²) in [6, 6.07) is 8.60. The van der Waals surface area contributed by atoms with E-state index in [0.717, 1.165) is 0 Å². The van der Waals surface area contributed by atoms with Crippen LogP contribution in [-0.2, 0) is 16.8 Å². The van der Waals surface area contributed by atoms with E-state index >= 15 is 0 Å². The molecular formula is C13H20N2O4S. The predicted molar refractivity (Wildman–Crippen MR) is 76.4 cm³/mol. The van der Waals surface area contributed by atoms with Gasteiger partial charge in [-0.25, -0.2) is 4.79 Å². The van der Waals surface area contributed by atoms with Gasteiger partial charge in [0.2, 0.25) is 0 Å². The summed E-state index contributed by atoms with van der Waals surface area (Å²) in [5.74, 6) is 0.338. The maximum Gasteiger partial charge on any atom is 0.422 e. The van der Waals surface area contributed by atoms with Gasteiger partial charge in [-0.2, -0.15) is 17.4 Å². The van der Waals surface area contributed by atoms with E-state index in [0.29, 0.717) is 22.2 Å². The zero-order valence-corrected chi connectivity index (χ0v) is 12.4. The predicted octanol–water partition coefficient (Wildman–Crippen LogP) is 2.05. The Kier molecular flexibility index (Phi) is 5.97. The molecule has 20 heavy (non-hydrogen) atoms. The molecule has 0 saturated heterocycles. The summed E-state index contributed by atoms with van der Waals surface area (Å²) in [5, 5.41) is 9.09. The highest BCUT2D eigenvalue weighted by Gasteiger charge is 2.26. The monoisotopic (exact) mass is 300 g/mol. The molecule has 1 aromatic rings. The van der Waals surface area contributed by atoms with Crippen molar-refractivity contribution >= 4 is 16.3 Å². The summed E-state index contributed by atoms with van der Waals surface area (Å²) in [7, 11) is -4.03. The molecule has 0 heterocycles. The first-order valence-corrected chi connectivity index (χ1v) is 7.81. The van der Waals surface area contributed by atoms with Crippen LogP contribution in [0.4, 0.5) is 4.79 Å². The number of nitrogens with zero attached hydrogens (tertiary/aromatic N) is 1. The Morgan fingerprint density at radius 2 is 1.90 bits per heavy atom. The summed E-state index contributed by atoms with van der Waals surface area (Å²) >= 11 is 0. The first-order valence-electron chi connectivity index (χ1n) is 6.37. The molecule has 2 N–H and O–H groups in total. The van der Waals surface area contributed by atoms with Crippen LogP contribution in [0.3, 0.4) is 0 Å². The number of hydrogen-bond donors (Lipinski definition) is 2. The fourth-order valence-corrected chi connectivity index (χ4v) is 2.62. The number of hydrogen-bond acceptors (Lipinski definition) is 3. The minimum absolute atomic E-state index is 0.201. The largest absolute Gasteiger partial charge is 0.464 e. The van der Waals surface area contributed by atoms with E-state index in [4.69, 9.17) is 5.11 Å². The zero-order chi connectivity index (χ0) is 15.2. The molecule has 0 bridgehead atoms. The van der Waals surface area contributed by atoms with E-state index in [1.54, 1.807) is 30.3 Å². The molecule has 0 aromatic heterocycles. The molecule has 6 nitrogen and oxygen atoms in total. The van der Waals surface area contributed by atoms with E-state index in [-0.39, 0.29) is 13.1 Å². The molecule has 1 rings (SSSR count). The second kappa shape index (κ2) is 7.25. The van der Waals surface area contributed by atoms with E-state index in [1.165, 1.54) is 0 Å². The van der Waals surface area contributed by atoms with Crippen molar-refractivity contribution in [1.29, 1.82) is 0 Å². The van der Waals surface area contributed by atoms with Crippen molar-refractivity contribution in [3.05, 3.63) is 35.9 Å². The summed E-state index contributed by atoms with van der Waals surface area (Å²) < 4.78 is 26.7. The summed E-state index contributed by atoms with van der Waals surface area (Å²) in [6.07, 6.45) is -0.844. The SMILES string of the molecule is CC(C)CCNS(=O)(=O)N(Cc1ccccc1)C(=O)O. The Hall–Kier alpha value is -1.60. The van der Waals surface area contributed by atoms with E-state index in [2.05, 4.69) is 4.72 Å². The topological polar surface area (TPSA) is 86.7 Å². The van der Waals surface area contributed by atoms with E-state index in [1.807, 2.05) is 13.8 Å². The Morgan fingerprint density at radius 1 is 1.30 bits per heavy atom. The van der Waals surface area contributed by atoms with Gasteiger partial charge >= 0.3 is 16.3 Å². The van der Waals surface area contributed by atoms with Crippen molar-refractivity contribution in [1.82, 2.24) is 9.03 Å². The van der Waals surface area contributed by atoms with Crippen LogP contribution in [0.15, 0.2) is 30.3 Å². The van der Waals surface area contributed by atoms with Crippen LogP contribution >= 0.6 is 0 Å². The fourth-order valence-electron chi connectivity index (χ4n) is 1.56. The maximum absolute atomic E-state index is 12.0. The molecule has 1 aromatic carbocycles. The van der Waals surface area contributed by atoms with Crippen LogP contribution < -0.4 is 4.72 Å². The fraction of sp³-hybridized carbons (Fsp3) is 0.462. The number of carboxylic acid groups (broad SMARTS) is 1. The Morgan fingerprint density at radius 3 is 2.40 bits per heavy atom. The molecule has 1 amide bonds. The van der Waals surface area contributed by atoms with Crippen LogP contribution in [0.25, 0.3) is 0 Å². The van der Waals surface area contributed by atoms with Crippen LogP contribution in [0.5, 0.6) is 0 Å². The lowest BCUT2D eigenvalue weighted by Crippen LogP contribution is -2.43. The molecule has 7 heteroatoms. The Balaban J connectivity index is 2.77. The molecule has 0 unspecified atom stereocenters. The average Bonchev–Trinajstić information content (AvgIpc) is 2.36. The minimum Gasteiger partial charge on any atom is -0.464 e. The highest BCUT2D eigenvalue weighted by Crippen LogP contribution is 2.09. The highest BCUT2D eigenvalue weighted by molar-refractivity contribution is 7.87. The number of carbonyl (C=O) groups is 1. The van der Waals surface area contributed by atoms with Gasteiger partial charge in [-0.3, -0.25) is 0 Å². The van der Waals surface area contributed by atoms with Gasteiger partial charge in [0.1, 0.15) is 0 Å². The van der Waals surface area contributed by atoms with Crippen molar-refractivity contribution in [3.8, 4) is 0 Å². The molecule has 0 aliphatic carbocycles. The average molecular weight is 300 g/mol. The molecule has 0 atom stereocenters. The van der Waals surface area contributed by atoms with Crippen LogP contribution in [0.1, 0.15) is 25.8 Å². The highest BCUT2D eigenvalue weighted by atomic mass is 32.2. The first-order chi connectivity index (χ1) is 9.33. The van der Waals surface area contributed by atoms with Gasteiger partial charge in [-0.05, 0) is 17.9 Å². The molecule has 112 valence electrons. The number of benzene rings is 1. The summed E-state index contributed by atoms with van der Waals surface area (Å²) in [5.41, 5.74) is 0.615. The van der Waals surface area contributed by atoms with Crippen molar-refractivity contribution in [2.75, 3.05) is 6.54 Å². The van der Waals surface area contributed by atoms with Gasteiger partial charge in [0, 0.05) is 6.54 Å². The third-order valence-electron chi connectivity index (χ3n) is 2.68. The van der Waals surface area contributed by atoms with Crippen molar-refractivity contribution in [3.63, 3.8) is 0 Å². The van der Waals surface area contributed by atoms with Gasteiger partial charge in [0.25, 0.3) is 0 Å². The molecule has 0 fully saturated rings. The first kappa shape index (κ1) is 16.5. The van der Waals surface area contributed by atoms with Crippen molar-refractivity contribution in [2.45, 2.75) is 26.8 Å². The van der Waals surface area contributed by atoms with Crippen molar-refractivity contribution < 1.29 is 18.3 Å². The zero-order valence-electron chi connectivity index (χ0n) is 11.6. The number of amides is 1. The molecule has 0 aliphatic heterocycles. The maximum atomic E-state index is 12.0. The van der Waals surface area contributed by atoms with Gasteiger partial charge in [-0.1, -0.05) is 44.2 Å². The van der Waals surface area contributed by atoms with Gasteiger partial charge in [0.05, 0.1) is 6.54 Å². The standard InChI is InChI=1S/C13H20N2O4S/c1-11(2)8-9-14-20(18,19)15(13(16)17)10-12-6-4-3-5-7-12/h3-7,11,14H,8-10H2,1-2H3,(H,16,17). The number of rotatable bonds is 7. The lowest BCUT2D eigenvalue weighted by molar-refractivity contribution is 0.170. The third-order valence-corrected chi connectivity index (χ3v) is 4.11. The Bertz CT molecular complexity index is 529. The third kappa shape index (κ3) is 5.18. The van der Waals surface area contributed by atoms with Crippen LogP contribution in [-0.4, -0.2) is 30.5 Å². The second-order valence-corrected chi connectivity index (χ2v) is 6.54. The quantitative estimate of drug-likeness (QED) is 0.807. The van der Waals surface area contributed by atoms with Crippen LogP contribution in [0, 0.1) is 5.92 Å². The Labute approximate surface area is 119 Å². The van der Waals surface area contributed by atoms with E-state index in [9.17, 15) is 13.2 Å². The molecule has 0 saturated carbocycles. The number of nitrogens with one attached hydrogen (secondary N) is 1. The van der Waals surface area contributed by atoms with Crippen molar-refractivity contribution in [2.24, 2.45) is 5.92 Å². The lowest BCUT2D eigenvalue weighted by Gasteiger charge is -2.20. The molecule has 0 aliphatic rings. The van der Waals surface area contributed by atoms with Gasteiger partial charge in [-0.15, -0.1) is 0 Å². The van der Waals surface area contributed by atoms with Gasteiger partial charge in [0.15, 0.2) is 0 Å². The minimum atomic E-state index is -4.03. The normalized spacial score (nSPS) is 11.6. The second-order valence-electron chi connectivity index (χ2n) is 4.86. The summed E-state index contributed by atoms with van der Waals surface area (Å²) in [6.45, 7) is 3.95. The van der Waals surface area contributed by atoms with Crippen LogP contribution in [0.2, 0.25) is 0 Å². The summed E-state index contributed by atoms with van der Waals surface area (Å²) in [4.78, 5) is 11.2. The molecular weight excluding hydrogens is 280 g/mol. The smallest absolute Gasteiger partial charge is 0.422 e. The molecule has 0 radical (unpaired) electrons. The van der Waals surface area contributed by atoms with E-state index < -0.39 is 16.3 Å². The molecule has 0 spiro atoms. The van der Waals surface area contributed by atoms with Gasteiger partial charge < -0.3 is 5.11 Å².